The van der Waals surface area contributed by atoms with Crippen LogP contribution in [0.5, 0.6) is 0 Å². The third-order valence-corrected chi connectivity index (χ3v) is 5.21. The first-order valence-corrected chi connectivity index (χ1v) is 9.85. The third kappa shape index (κ3) is 5.91. The predicted molar refractivity (Wildman–Crippen MR) is 110 cm³/mol. The van der Waals surface area contributed by atoms with Crippen molar-refractivity contribution in [2.45, 2.75) is 25.7 Å². The number of ether oxygens (including phenoxy) is 1. The van der Waals surface area contributed by atoms with E-state index >= 15 is 0 Å². The lowest BCUT2D eigenvalue weighted by molar-refractivity contribution is -0.135. The van der Waals surface area contributed by atoms with Crippen molar-refractivity contribution in [2.24, 2.45) is 5.92 Å². The maximum absolute atomic E-state index is 12.5. The van der Waals surface area contributed by atoms with Gasteiger partial charge in [-0.25, -0.2) is 4.79 Å². The molecule has 2 aromatic carbocycles. The number of hydrogen-bond donors (Lipinski definition) is 1. The molecule has 2 amide bonds. The molecule has 0 bridgehead atoms. The highest BCUT2D eigenvalue weighted by Gasteiger charge is 2.24. The van der Waals surface area contributed by atoms with E-state index in [0.717, 1.165) is 19.3 Å². The van der Waals surface area contributed by atoms with E-state index in [4.69, 9.17) is 0 Å². The first kappa shape index (κ1) is 20.6. The molecule has 6 heteroatoms. The summed E-state index contributed by atoms with van der Waals surface area (Å²) in [6.45, 7) is 1.36. The summed E-state index contributed by atoms with van der Waals surface area (Å²) in [7, 11) is 1.30. The molecule has 0 unspecified atom stereocenters. The zero-order valence-electron chi connectivity index (χ0n) is 16.6. The maximum atomic E-state index is 12.5. The van der Waals surface area contributed by atoms with E-state index in [0.29, 0.717) is 30.3 Å². The van der Waals surface area contributed by atoms with Gasteiger partial charge in [-0.3, -0.25) is 9.59 Å². The number of carbonyl (C=O) groups is 3. The highest BCUT2D eigenvalue weighted by atomic mass is 16.5. The Morgan fingerprint density at radius 3 is 2.45 bits per heavy atom. The Labute approximate surface area is 170 Å². The maximum Gasteiger partial charge on any atom is 0.337 e. The van der Waals surface area contributed by atoms with Crippen LogP contribution in [0.15, 0.2) is 54.6 Å². The minimum Gasteiger partial charge on any atom is -0.465 e. The quantitative estimate of drug-likeness (QED) is 0.603. The number of piperidine rings is 1. The van der Waals surface area contributed by atoms with E-state index in [1.165, 1.54) is 18.7 Å². The SMILES string of the molecule is COC(=O)c1cccc(NC(=O)CC(=O)N2CCC(Cc3ccccc3)CC2)c1. The van der Waals surface area contributed by atoms with Crippen LogP contribution in [0, 0.1) is 5.92 Å². The van der Waals surface area contributed by atoms with Crippen molar-refractivity contribution in [3.63, 3.8) is 0 Å². The highest BCUT2D eigenvalue weighted by Crippen LogP contribution is 2.22. The molecule has 1 aliphatic rings. The Balaban J connectivity index is 1.46. The smallest absolute Gasteiger partial charge is 0.337 e. The normalized spacial score (nSPS) is 14.3. The minimum atomic E-state index is -0.476. The molecule has 152 valence electrons. The molecule has 0 saturated carbocycles. The second kappa shape index (κ2) is 9.87. The van der Waals surface area contributed by atoms with Gasteiger partial charge in [-0.2, -0.15) is 0 Å². The van der Waals surface area contributed by atoms with Gasteiger partial charge in [0.05, 0.1) is 12.7 Å². The summed E-state index contributed by atoms with van der Waals surface area (Å²) < 4.78 is 4.67. The van der Waals surface area contributed by atoms with E-state index in [2.05, 4.69) is 22.2 Å². The largest absolute Gasteiger partial charge is 0.465 e. The zero-order chi connectivity index (χ0) is 20.6. The van der Waals surface area contributed by atoms with Gasteiger partial charge in [0.1, 0.15) is 6.42 Å². The van der Waals surface area contributed by atoms with Crippen LogP contribution >= 0.6 is 0 Å². The number of amides is 2. The van der Waals surface area contributed by atoms with Crippen molar-refractivity contribution in [1.82, 2.24) is 4.90 Å². The van der Waals surface area contributed by atoms with Crippen molar-refractivity contribution < 1.29 is 19.1 Å². The Morgan fingerprint density at radius 2 is 1.76 bits per heavy atom. The number of nitrogens with zero attached hydrogens (tertiary/aromatic N) is 1. The molecule has 0 radical (unpaired) electrons. The molecular weight excluding hydrogens is 368 g/mol. The van der Waals surface area contributed by atoms with E-state index in [1.807, 2.05) is 18.2 Å². The number of likely N-dealkylation sites (tertiary alicyclic amines) is 1. The molecular formula is C23H26N2O4. The van der Waals surface area contributed by atoms with Gasteiger partial charge in [-0.05, 0) is 48.9 Å². The topological polar surface area (TPSA) is 75.7 Å². The summed E-state index contributed by atoms with van der Waals surface area (Å²) in [6, 6.07) is 16.8. The summed E-state index contributed by atoms with van der Waals surface area (Å²) >= 11 is 0. The van der Waals surface area contributed by atoms with Gasteiger partial charge in [-0.1, -0.05) is 36.4 Å². The zero-order valence-corrected chi connectivity index (χ0v) is 16.6. The van der Waals surface area contributed by atoms with Crippen LogP contribution in [0.1, 0.15) is 35.2 Å². The summed E-state index contributed by atoms with van der Waals surface area (Å²) in [4.78, 5) is 38.1. The Bertz CT molecular complexity index is 858. The minimum absolute atomic E-state index is 0.162. The molecule has 29 heavy (non-hydrogen) atoms. The molecule has 3 rings (SSSR count). The number of esters is 1. The molecule has 1 heterocycles. The summed E-state index contributed by atoms with van der Waals surface area (Å²) in [5, 5.41) is 2.68. The van der Waals surface area contributed by atoms with Crippen LogP contribution in [0.2, 0.25) is 0 Å². The van der Waals surface area contributed by atoms with Gasteiger partial charge in [0.2, 0.25) is 11.8 Å². The Morgan fingerprint density at radius 1 is 1.03 bits per heavy atom. The van der Waals surface area contributed by atoms with Crippen molar-refractivity contribution >= 4 is 23.5 Å². The van der Waals surface area contributed by atoms with Crippen molar-refractivity contribution in [1.29, 1.82) is 0 Å². The van der Waals surface area contributed by atoms with Gasteiger partial charge < -0.3 is 15.0 Å². The molecule has 6 nitrogen and oxygen atoms in total. The van der Waals surface area contributed by atoms with E-state index in [9.17, 15) is 14.4 Å². The summed E-state index contributed by atoms with van der Waals surface area (Å²) in [6.07, 6.45) is 2.72. The second-order valence-electron chi connectivity index (χ2n) is 7.31. The summed E-state index contributed by atoms with van der Waals surface area (Å²) in [5.74, 6) is -0.458. The average molecular weight is 394 g/mol. The summed E-state index contributed by atoms with van der Waals surface area (Å²) in [5.41, 5.74) is 2.13. The van der Waals surface area contributed by atoms with E-state index in [-0.39, 0.29) is 18.2 Å². The van der Waals surface area contributed by atoms with Gasteiger partial charge in [0.25, 0.3) is 0 Å². The van der Waals surface area contributed by atoms with E-state index < -0.39 is 5.97 Å². The van der Waals surface area contributed by atoms with Gasteiger partial charge in [0, 0.05) is 18.8 Å². The van der Waals surface area contributed by atoms with Crippen LogP contribution < -0.4 is 5.32 Å². The monoisotopic (exact) mass is 394 g/mol. The molecule has 0 aliphatic carbocycles. The molecule has 0 atom stereocenters. The molecule has 1 fully saturated rings. The van der Waals surface area contributed by atoms with Gasteiger partial charge in [0.15, 0.2) is 0 Å². The molecule has 1 N–H and O–H groups in total. The Hall–Kier alpha value is -3.15. The molecule has 1 saturated heterocycles. The average Bonchev–Trinajstić information content (AvgIpc) is 2.74. The lowest BCUT2D eigenvalue weighted by atomic mass is 9.90. The number of carbonyl (C=O) groups excluding carboxylic acids is 3. The van der Waals surface area contributed by atoms with Crippen LogP contribution in [-0.4, -0.2) is 42.9 Å². The first-order chi connectivity index (χ1) is 14.0. The molecule has 1 aliphatic heterocycles. The fourth-order valence-corrected chi connectivity index (χ4v) is 3.63. The molecule has 0 aromatic heterocycles. The fraction of sp³-hybridized carbons (Fsp3) is 0.348. The van der Waals surface area contributed by atoms with Crippen LogP contribution in [0.4, 0.5) is 5.69 Å². The number of benzene rings is 2. The van der Waals surface area contributed by atoms with Crippen LogP contribution in [-0.2, 0) is 20.7 Å². The number of nitrogens with one attached hydrogen (secondary N) is 1. The lowest BCUT2D eigenvalue weighted by Crippen LogP contribution is -2.40. The number of hydrogen-bond acceptors (Lipinski definition) is 4. The lowest BCUT2D eigenvalue weighted by Gasteiger charge is -2.32. The first-order valence-electron chi connectivity index (χ1n) is 9.85. The van der Waals surface area contributed by atoms with E-state index in [1.54, 1.807) is 23.1 Å². The fourth-order valence-electron chi connectivity index (χ4n) is 3.63. The highest BCUT2D eigenvalue weighted by molar-refractivity contribution is 6.04. The number of methoxy groups -OCH3 is 1. The van der Waals surface area contributed by atoms with Crippen molar-refractivity contribution in [3.8, 4) is 0 Å². The van der Waals surface area contributed by atoms with Crippen molar-refractivity contribution in [2.75, 3.05) is 25.5 Å². The standard InChI is InChI=1S/C23H26N2O4/c1-29-23(28)19-8-5-9-20(15-19)24-21(26)16-22(27)25-12-10-18(11-13-25)14-17-6-3-2-4-7-17/h2-9,15,18H,10-14,16H2,1H3,(H,24,26). The number of rotatable bonds is 6. The predicted octanol–water partition coefficient (Wildman–Crippen LogP) is 3.28. The van der Waals surface area contributed by atoms with Gasteiger partial charge in [-0.15, -0.1) is 0 Å². The Kier molecular flexibility index (Phi) is 7.00. The molecule has 0 spiro atoms. The van der Waals surface area contributed by atoms with Crippen LogP contribution in [0.3, 0.4) is 0 Å². The third-order valence-electron chi connectivity index (χ3n) is 5.21. The second-order valence-corrected chi connectivity index (χ2v) is 7.31. The van der Waals surface area contributed by atoms with Gasteiger partial charge >= 0.3 is 5.97 Å². The van der Waals surface area contributed by atoms with Crippen LogP contribution in [0.25, 0.3) is 0 Å². The van der Waals surface area contributed by atoms with Crippen molar-refractivity contribution in [3.05, 3.63) is 65.7 Å². The number of anilines is 1. The molecule has 2 aromatic rings.